The van der Waals surface area contributed by atoms with Crippen LogP contribution in [-0.2, 0) is 16.0 Å². The highest BCUT2D eigenvalue weighted by molar-refractivity contribution is 6.36. The van der Waals surface area contributed by atoms with Crippen molar-refractivity contribution in [3.63, 3.8) is 0 Å². The standard InChI is InChI=1S/C25H27ClN2O6/c1-15(27-24(31)34-25(2,3)4)21(29)28-17-10-11-18-19(14-17)22(30)33-23(20(18)26)32-13-12-16-8-6-5-7-9-16/h5-11,14-15H,12-13H2,1-4H3,(H,27,31)(H,28,29). The first-order chi connectivity index (χ1) is 16.0. The minimum Gasteiger partial charge on any atom is -0.464 e. The van der Waals surface area contributed by atoms with Gasteiger partial charge in [-0.15, -0.1) is 0 Å². The summed E-state index contributed by atoms with van der Waals surface area (Å²) in [5.41, 5.74) is 0.0925. The van der Waals surface area contributed by atoms with Gasteiger partial charge in [0.1, 0.15) is 16.7 Å². The summed E-state index contributed by atoms with van der Waals surface area (Å²) in [6.45, 7) is 6.98. The Kier molecular flexibility index (Phi) is 7.83. The normalized spacial score (nSPS) is 12.1. The van der Waals surface area contributed by atoms with Gasteiger partial charge >= 0.3 is 17.7 Å². The smallest absolute Gasteiger partial charge is 0.408 e. The van der Waals surface area contributed by atoms with Gasteiger partial charge in [-0.1, -0.05) is 48.0 Å². The average molecular weight is 487 g/mol. The third-order valence-corrected chi connectivity index (χ3v) is 5.06. The van der Waals surface area contributed by atoms with Crippen molar-refractivity contribution >= 4 is 40.1 Å². The zero-order valence-corrected chi connectivity index (χ0v) is 20.2. The Bertz CT molecular complexity index is 1230. The van der Waals surface area contributed by atoms with Crippen LogP contribution in [-0.4, -0.2) is 30.3 Å². The molecule has 1 atom stereocenters. The van der Waals surface area contributed by atoms with Crippen LogP contribution in [0.25, 0.3) is 10.8 Å². The highest BCUT2D eigenvalue weighted by atomic mass is 35.5. The van der Waals surface area contributed by atoms with Gasteiger partial charge in [-0.3, -0.25) is 4.79 Å². The van der Waals surface area contributed by atoms with Gasteiger partial charge in [0, 0.05) is 17.5 Å². The van der Waals surface area contributed by atoms with Gasteiger partial charge < -0.3 is 24.5 Å². The molecule has 0 fully saturated rings. The van der Waals surface area contributed by atoms with Crippen molar-refractivity contribution in [3.05, 3.63) is 69.5 Å². The fourth-order valence-electron chi connectivity index (χ4n) is 3.08. The first-order valence-electron chi connectivity index (χ1n) is 10.8. The van der Waals surface area contributed by atoms with Gasteiger partial charge in [-0.2, -0.15) is 0 Å². The van der Waals surface area contributed by atoms with E-state index in [1.54, 1.807) is 32.9 Å². The minimum absolute atomic E-state index is 0.0536. The van der Waals surface area contributed by atoms with Crippen LogP contribution in [0.2, 0.25) is 5.02 Å². The molecule has 3 rings (SSSR count). The number of hydrogen-bond acceptors (Lipinski definition) is 6. The minimum atomic E-state index is -0.870. The Balaban J connectivity index is 1.68. The maximum Gasteiger partial charge on any atom is 0.408 e. The van der Waals surface area contributed by atoms with Gasteiger partial charge in [0.05, 0.1) is 12.0 Å². The van der Waals surface area contributed by atoms with Crippen molar-refractivity contribution < 1.29 is 23.5 Å². The average Bonchev–Trinajstić information content (AvgIpc) is 2.76. The zero-order valence-electron chi connectivity index (χ0n) is 19.4. The maximum absolute atomic E-state index is 12.5. The van der Waals surface area contributed by atoms with E-state index in [2.05, 4.69) is 10.6 Å². The van der Waals surface area contributed by atoms with Gasteiger partial charge in [0.15, 0.2) is 0 Å². The van der Waals surface area contributed by atoms with Gasteiger partial charge in [0.25, 0.3) is 0 Å². The fourth-order valence-corrected chi connectivity index (χ4v) is 3.33. The Morgan fingerprint density at radius 3 is 2.47 bits per heavy atom. The molecule has 1 unspecified atom stereocenters. The Labute approximate surface area is 202 Å². The number of anilines is 1. The number of nitrogens with one attached hydrogen (secondary N) is 2. The van der Waals surface area contributed by atoms with Crippen molar-refractivity contribution in [2.45, 2.75) is 45.8 Å². The molecule has 0 saturated heterocycles. The van der Waals surface area contributed by atoms with Gasteiger partial charge in [-0.05, 0) is 45.4 Å². The highest BCUT2D eigenvalue weighted by Gasteiger charge is 2.21. The quantitative estimate of drug-likeness (QED) is 0.491. The second kappa shape index (κ2) is 10.6. The molecule has 34 heavy (non-hydrogen) atoms. The lowest BCUT2D eigenvalue weighted by Crippen LogP contribution is -2.43. The van der Waals surface area contributed by atoms with Crippen LogP contribution >= 0.6 is 11.6 Å². The predicted octanol–water partition coefficient (Wildman–Crippen LogP) is 4.92. The van der Waals surface area contributed by atoms with E-state index < -0.39 is 29.3 Å². The Morgan fingerprint density at radius 1 is 1.09 bits per heavy atom. The first-order valence-corrected chi connectivity index (χ1v) is 11.1. The van der Waals surface area contributed by atoms with Crippen molar-refractivity contribution in [1.29, 1.82) is 0 Å². The predicted molar refractivity (Wildman–Crippen MR) is 131 cm³/mol. The molecule has 180 valence electrons. The molecular weight excluding hydrogens is 460 g/mol. The summed E-state index contributed by atoms with van der Waals surface area (Å²) < 4.78 is 16.0. The van der Waals surface area contributed by atoms with E-state index >= 15 is 0 Å². The molecule has 0 aliphatic carbocycles. The molecule has 0 aliphatic rings. The highest BCUT2D eigenvalue weighted by Crippen LogP contribution is 2.32. The number of carbonyl (C=O) groups is 2. The molecule has 0 bridgehead atoms. The number of ether oxygens (including phenoxy) is 2. The SMILES string of the molecule is CC(NC(=O)OC(C)(C)C)C(=O)Nc1ccc2c(Cl)c(OCCc3ccccc3)oc(=O)c2c1. The molecule has 9 heteroatoms. The largest absolute Gasteiger partial charge is 0.464 e. The van der Waals surface area contributed by atoms with Crippen molar-refractivity contribution in [2.75, 3.05) is 11.9 Å². The maximum atomic E-state index is 12.5. The summed E-state index contributed by atoms with van der Waals surface area (Å²) in [4.78, 5) is 36.9. The number of alkyl carbamates (subject to hydrolysis) is 1. The Hall–Kier alpha value is -3.52. The number of amides is 2. The van der Waals surface area contributed by atoms with E-state index in [-0.39, 0.29) is 23.0 Å². The summed E-state index contributed by atoms with van der Waals surface area (Å²) >= 11 is 6.41. The third-order valence-electron chi connectivity index (χ3n) is 4.70. The van der Waals surface area contributed by atoms with E-state index in [0.29, 0.717) is 17.5 Å². The monoisotopic (exact) mass is 486 g/mol. The third kappa shape index (κ3) is 6.74. The topological polar surface area (TPSA) is 107 Å². The molecular formula is C25H27ClN2O6. The molecule has 2 aromatic carbocycles. The summed E-state index contributed by atoms with van der Waals surface area (Å²) in [5.74, 6) is -0.538. The molecule has 3 aromatic rings. The second-order valence-corrected chi connectivity index (χ2v) is 9.07. The van der Waals surface area contributed by atoms with Crippen LogP contribution in [0.3, 0.4) is 0 Å². The van der Waals surface area contributed by atoms with Crippen LogP contribution in [0.5, 0.6) is 5.95 Å². The Morgan fingerprint density at radius 2 is 1.79 bits per heavy atom. The molecule has 0 spiro atoms. The van der Waals surface area contributed by atoms with Crippen molar-refractivity contribution in [2.24, 2.45) is 0 Å². The number of carbonyl (C=O) groups excluding carboxylic acids is 2. The van der Waals surface area contributed by atoms with Gasteiger partial charge in [0.2, 0.25) is 5.91 Å². The lowest BCUT2D eigenvalue weighted by molar-refractivity contribution is -0.117. The zero-order chi connectivity index (χ0) is 24.9. The first kappa shape index (κ1) is 25.1. The van der Waals surface area contributed by atoms with Crippen LogP contribution in [0, 0.1) is 0 Å². The van der Waals surface area contributed by atoms with Gasteiger partial charge in [-0.25, -0.2) is 9.59 Å². The molecule has 2 N–H and O–H groups in total. The number of halogens is 1. The van der Waals surface area contributed by atoms with Crippen molar-refractivity contribution in [1.82, 2.24) is 5.32 Å². The molecule has 0 radical (unpaired) electrons. The van der Waals surface area contributed by atoms with Crippen LogP contribution in [0.4, 0.5) is 10.5 Å². The van der Waals surface area contributed by atoms with Crippen molar-refractivity contribution in [3.8, 4) is 5.95 Å². The summed E-state index contributed by atoms with van der Waals surface area (Å²) in [6.07, 6.45) is -0.0831. The van der Waals surface area contributed by atoms with Crippen LogP contribution < -0.4 is 21.0 Å². The molecule has 2 amide bonds. The molecule has 0 aliphatic heterocycles. The summed E-state index contributed by atoms with van der Waals surface area (Å²) in [5, 5.41) is 5.90. The number of fused-ring (bicyclic) bond motifs is 1. The summed E-state index contributed by atoms with van der Waals surface area (Å²) in [6, 6.07) is 13.5. The number of hydrogen-bond donors (Lipinski definition) is 2. The lowest BCUT2D eigenvalue weighted by atomic mass is 10.1. The number of rotatable bonds is 7. The molecule has 1 aromatic heterocycles. The van der Waals surface area contributed by atoms with E-state index in [4.69, 9.17) is 25.5 Å². The molecule has 8 nitrogen and oxygen atoms in total. The second-order valence-electron chi connectivity index (χ2n) is 8.69. The summed E-state index contributed by atoms with van der Waals surface area (Å²) in [7, 11) is 0. The lowest BCUT2D eigenvalue weighted by Gasteiger charge is -2.21. The van der Waals surface area contributed by atoms with E-state index in [1.165, 1.54) is 13.0 Å². The fraction of sp³-hybridized carbons (Fsp3) is 0.320. The van der Waals surface area contributed by atoms with E-state index in [0.717, 1.165) is 5.56 Å². The molecule has 0 saturated carbocycles. The van der Waals surface area contributed by atoms with Crippen LogP contribution in [0.1, 0.15) is 33.3 Å². The molecule has 1 heterocycles. The number of benzene rings is 2. The van der Waals surface area contributed by atoms with E-state index in [1.807, 2.05) is 30.3 Å². The van der Waals surface area contributed by atoms with Crippen LogP contribution in [0.15, 0.2) is 57.7 Å². The van der Waals surface area contributed by atoms with E-state index in [9.17, 15) is 14.4 Å².